The number of imide groups is 1. The number of hydrogen-bond acceptors (Lipinski definition) is 3. The molecule has 0 aliphatic carbocycles. The van der Waals surface area contributed by atoms with Crippen LogP contribution in [0, 0.1) is 5.92 Å². The number of carbonyl (C=O) groups is 2. The van der Waals surface area contributed by atoms with Crippen LogP contribution in [0.5, 0.6) is 0 Å². The summed E-state index contributed by atoms with van der Waals surface area (Å²) in [6, 6.07) is 9.21. The molecule has 1 N–H and O–H groups in total. The highest BCUT2D eigenvalue weighted by molar-refractivity contribution is 7.99. The molecule has 5 heteroatoms. The van der Waals surface area contributed by atoms with Gasteiger partial charge in [0.2, 0.25) is 5.91 Å². The summed E-state index contributed by atoms with van der Waals surface area (Å²) in [7, 11) is 0. The van der Waals surface area contributed by atoms with Gasteiger partial charge in [0.1, 0.15) is 0 Å². The first kappa shape index (κ1) is 10.7. The second-order valence-electron chi connectivity index (χ2n) is 4.21. The summed E-state index contributed by atoms with van der Waals surface area (Å²) in [5, 5.41) is 2.43. The number of thioether (sulfide) groups is 1. The molecule has 1 aromatic rings. The molecule has 2 aliphatic heterocycles. The summed E-state index contributed by atoms with van der Waals surface area (Å²) in [4.78, 5) is 25.3. The highest BCUT2D eigenvalue weighted by atomic mass is 32.2. The third-order valence-electron chi connectivity index (χ3n) is 3.20. The van der Waals surface area contributed by atoms with Crippen molar-refractivity contribution in [3.05, 3.63) is 30.3 Å². The third kappa shape index (κ3) is 1.70. The Morgan fingerprint density at radius 1 is 1.18 bits per heavy atom. The average Bonchev–Trinajstić information content (AvgIpc) is 2.79. The number of carbonyl (C=O) groups excluding carboxylic acids is 2. The molecule has 0 saturated carbocycles. The van der Waals surface area contributed by atoms with Gasteiger partial charge in [-0.2, -0.15) is 11.8 Å². The Kier molecular flexibility index (Phi) is 2.55. The Hall–Kier alpha value is -1.49. The molecule has 2 atom stereocenters. The van der Waals surface area contributed by atoms with Gasteiger partial charge in [0, 0.05) is 17.2 Å². The smallest absolute Gasteiger partial charge is 0.289 e. The summed E-state index contributed by atoms with van der Waals surface area (Å²) in [6.07, 6.45) is 0. The van der Waals surface area contributed by atoms with E-state index in [1.54, 1.807) is 16.7 Å². The summed E-state index contributed by atoms with van der Waals surface area (Å²) in [6.45, 7) is 0. The van der Waals surface area contributed by atoms with Gasteiger partial charge in [0.15, 0.2) is 0 Å². The van der Waals surface area contributed by atoms with Gasteiger partial charge in [0.05, 0.1) is 12.0 Å². The first-order valence-corrected chi connectivity index (χ1v) is 6.69. The van der Waals surface area contributed by atoms with Crippen molar-refractivity contribution in [2.75, 3.05) is 16.4 Å². The Morgan fingerprint density at radius 3 is 2.71 bits per heavy atom. The van der Waals surface area contributed by atoms with Gasteiger partial charge in [-0.25, -0.2) is 4.79 Å². The van der Waals surface area contributed by atoms with E-state index in [9.17, 15) is 9.59 Å². The number of anilines is 1. The maximum Gasteiger partial charge on any atom is 0.328 e. The maximum absolute atomic E-state index is 11.9. The largest absolute Gasteiger partial charge is 0.328 e. The van der Waals surface area contributed by atoms with Crippen LogP contribution in [0.3, 0.4) is 0 Å². The van der Waals surface area contributed by atoms with Crippen LogP contribution < -0.4 is 10.2 Å². The van der Waals surface area contributed by atoms with E-state index in [0.29, 0.717) is 0 Å². The van der Waals surface area contributed by atoms with E-state index in [1.807, 2.05) is 30.3 Å². The molecule has 0 radical (unpaired) electrons. The Labute approximate surface area is 103 Å². The van der Waals surface area contributed by atoms with E-state index in [-0.39, 0.29) is 23.9 Å². The number of benzene rings is 1. The molecule has 4 nitrogen and oxygen atoms in total. The predicted molar refractivity (Wildman–Crippen MR) is 67.1 cm³/mol. The Balaban J connectivity index is 1.98. The predicted octanol–water partition coefficient (Wildman–Crippen LogP) is 1.47. The van der Waals surface area contributed by atoms with Crippen molar-refractivity contribution in [2.45, 2.75) is 6.04 Å². The molecule has 2 heterocycles. The molecule has 88 valence electrons. The van der Waals surface area contributed by atoms with E-state index < -0.39 is 0 Å². The molecule has 0 aromatic heterocycles. The maximum atomic E-state index is 11.9. The van der Waals surface area contributed by atoms with Crippen molar-refractivity contribution < 1.29 is 9.59 Å². The van der Waals surface area contributed by atoms with Crippen molar-refractivity contribution in [1.29, 1.82) is 0 Å². The van der Waals surface area contributed by atoms with Gasteiger partial charge in [0.25, 0.3) is 0 Å². The second-order valence-corrected chi connectivity index (χ2v) is 5.29. The van der Waals surface area contributed by atoms with Crippen LogP contribution in [0.15, 0.2) is 30.3 Å². The summed E-state index contributed by atoms with van der Waals surface area (Å²) in [5.41, 5.74) is 0.856. The highest BCUT2D eigenvalue weighted by Crippen LogP contribution is 2.34. The quantitative estimate of drug-likeness (QED) is 0.819. The molecule has 2 unspecified atom stereocenters. The van der Waals surface area contributed by atoms with Crippen LogP contribution in [-0.4, -0.2) is 29.5 Å². The van der Waals surface area contributed by atoms with Crippen molar-refractivity contribution >= 4 is 29.4 Å². The SMILES string of the molecule is O=C1NC(=O)N(c2ccccc2)C2CSCC12. The lowest BCUT2D eigenvalue weighted by Crippen LogP contribution is -2.60. The van der Waals surface area contributed by atoms with Crippen molar-refractivity contribution in [3.8, 4) is 0 Å². The lowest BCUT2D eigenvalue weighted by Gasteiger charge is -2.36. The van der Waals surface area contributed by atoms with Crippen LogP contribution in [-0.2, 0) is 4.79 Å². The summed E-state index contributed by atoms with van der Waals surface area (Å²) in [5.74, 6) is 1.43. The zero-order valence-electron chi connectivity index (χ0n) is 9.13. The zero-order chi connectivity index (χ0) is 11.8. The minimum atomic E-state index is -0.301. The van der Waals surface area contributed by atoms with Crippen LogP contribution >= 0.6 is 11.8 Å². The molecule has 2 aliphatic rings. The molecule has 3 rings (SSSR count). The Bertz CT molecular complexity index is 463. The van der Waals surface area contributed by atoms with E-state index >= 15 is 0 Å². The molecule has 2 fully saturated rings. The van der Waals surface area contributed by atoms with Crippen LogP contribution in [0.4, 0.5) is 10.5 Å². The molecule has 0 bridgehead atoms. The number of hydrogen-bond donors (Lipinski definition) is 1. The lowest BCUT2D eigenvalue weighted by atomic mass is 9.98. The lowest BCUT2D eigenvalue weighted by molar-refractivity contribution is -0.124. The number of urea groups is 1. The molecule has 17 heavy (non-hydrogen) atoms. The number of para-hydroxylation sites is 1. The summed E-state index contributed by atoms with van der Waals surface area (Å²) >= 11 is 1.73. The van der Waals surface area contributed by atoms with Crippen molar-refractivity contribution in [2.24, 2.45) is 5.92 Å². The fourth-order valence-electron chi connectivity index (χ4n) is 2.35. The second kappa shape index (κ2) is 4.07. The van der Waals surface area contributed by atoms with E-state index in [1.165, 1.54) is 0 Å². The van der Waals surface area contributed by atoms with Gasteiger partial charge in [-0.1, -0.05) is 18.2 Å². The number of amides is 3. The highest BCUT2D eigenvalue weighted by Gasteiger charge is 2.44. The summed E-state index contributed by atoms with van der Waals surface area (Å²) < 4.78 is 0. The number of fused-ring (bicyclic) bond motifs is 1. The topological polar surface area (TPSA) is 49.4 Å². The van der Waals surface area contributed by atoms with Crippen LogP contribution in [0.25, 0.3) is 0 Å². The third-order valence-corrected chi connectivity index (χ3v) is 4.37. The number of nitrogens with one attached hydrogen (secondary N) is 1. The molecule has 1 aromatic carbocycles. The minimum Gasteiger partial charge on any atom is -0.289 e. The number of rotatable bonds is 1. The van der Waals surface area contributed by atoms with Crippen molar-refractivity contribution in [1.82, 2.24) is 5.32 Å². The standard InChI is InChI=1S/C12H12N2O2S/c15-11-9-6-17-7-10(9)14(12(16)13-11)8-4-2-1-3-5-8/h1-5,9-10H,6-7H2,(H,13,15,16). The molecule has 0 spiro atoms. The molecule has 2 saturated heterocycles. The van der Waals surface area contributed by atoms with Gasteiger partial charge in [-0.05, 0) is 12.1 Å². The monoisotopic (exact) mass is 248 g/mol. The van der Waals surface area contributed by atoms with Gasteiger partial charge in [-0.15, -0.1) is 0 Å². The number of nitrogens with zero attached hydrogens (tertiary/aromatic N) is 1. The molecular weight excluding hydrogens is 236 g/mol. The van der Waals surface area contributed by atoms with Crippen LogP contribution in [0.2, 0.25) is 0 Å². The zero-order valence-corrected chi connectivity index (χ0v) is 9.94. The molecule has 3 amide bonds. The normalized spacial score (nSPS) is 27.9. The first-order valence-electron chi connectivity index (χ1n) is 5.54. The van der Waals surface area contributed by atoms with Gasteiger partial charge in [-0.3, -0.25) is 15.0 Å². The van der Waals surface area contributed by atoms with E-state index in [4.69, 9.17) is 0 Å². The van der Waals surface area contributed by atoms with E-state index in [2.05, 4.69) is 5.32 Å². The van der Waals surface area contributed by atoms with Gasteiger partial charge < -0.3 is 0 Å². The van der Waals surface area contributed by atoms with E-state index in [0.717, 1.165) is 17.2 Å². The van der Waals surface area contributed by atoms with Gasteiger partial charge >= 0.3 is 6.03 Å². The van der Waals surface area contributed by atoms with Crippen LogP contribution in [0.1, 0.15) is 0 Å². The average molecular weight is 248 g/mol. The fourth-order valence-corrected chi connectivity index (χ4v) is 3.74. The van der Waals surface area contributed by atoms with Crippen molar-refractivity contribution in [3.63, 3.8) is 0 Å². The first-order chi connectivity index (χ1) is 8.27. The minimum absolute atomic E-state index is 0.00338. The molecular formula is C12H12N2O2S. The Morgan fingerprint density at radius 2 is 1.94 bits per heavy atom. The fraction of sp³-hybridized carbons (Fsp3) is 0.333.